The molecule has 0 radical (unpaired) electrons. The van der Waals surface area contributed by atoms with Crippen molar-refractivity contribution in [1.29, 1.82) is 0 Å². The van der Waals surface area contributed by atoms with Gasteiger partial charge >= 0.3 is 0 Å². The summed E-state index contributed by atoms with van der Waals surface area (Å²) in [5, 5.41) is 0. The van der Waals surface area contributed by atoms with Crippen molar-refractivity contribution in [2.75, 3.05) is 151 Å². The molecule has 0 bridgehead atoms. The van der Waals surface area contributed by atoms with Crippen LogP contribution in [0, 0.1) is 11.8 Å². The topological polar surface area (TPSA) is 324 Å². The highest BCUT2D eigenvalue weighted by molar-refractivity contribution is 5.94. The summed E-state index contributed by atoms with van der Waals surface area (Å²) in [5.74, 6) is -5.30. The first kappa shape index (κ1) is 105. The van der Waals surface area contributed by atoms with Gasteiger partial charge in [0.05, 0.1) is 65.4 Å². The number of benzene rings is 4. The van der Waals surface area contributed by atoms with Crippen LogP contribution in [0.25, 0.3) is 0 Å². The Balaban J connectivity index is 1.79. The number of rotatable bonds is 70. The number of primary amides is 1. The lowest BCUT2D eigenvalue weighted by Gasteiger charge is -2.34. The molecular weight excluding hydrogens is 1540 g/mol. The van der Waals surface area contributed by atoms with Gasteiger partial charge in [0.1, 0.15) is 0 Å². The fourth-order valence-corrected chi connectivity index (χ4v) is 15.3. The summed E-state index contributed by atoms with van der Waals surface area (Å²) in [6, 6.07) is 38.0. The maximum Gasteiger partial charge on any atom is 0.242 e. The van der Waals surface area contributed by atoms with Gasteiger partial charge in [0.2, 0.25) is 65.0 Å². The van der Waals surface area contributed by atoms with Gasteiger partial charge in [0.25, 0.3) is 0 Å². The third kappa shape index (κ3) is 44.3. The zero-order chi connectivity index (χ0) is 88.9. The molecule has 11 amide bonds. The molecule has 122 heavy (non-hydrogen) atoms. The summed E-state index contributed by atoms with van der Waals surface area (Å²) in [6.07, 6.45) is 25.4. The van der Waals surface area contributed by atoms with Crippen LogP contribution in [0.4, 0.5) is 0 Å². The fourth-order valence-electron chi connectivity index (χ4n) is 15.3. The van der Waals surface area contributed by atoms with Gasteiger partial charge in [-0.2, -0.15) is 0 Å². The smallest absolute Gasteiger partial charge is 0.242 e. The molecule has 0 aromatic heterocycles. The van der Waals surface area contributed by atoms with Gasteiger partial charge in [-0.25, -0.2) is 0 Å². The van der Waals surface area contributed by atoms with E-state index in [1.807, 2.05) is 121 Å². The second-order valence-corrected chi connectivity index (χ2v) is 33.1. The molecule has 4 rings (SSSR count). The lowest BCUT2D eigenvalue weighted by atomic mass is 9.98. The Bertz CT molecular complexity index is 3580. The van der Waals surface area contributed by atoms with Crippen LogP contribution >= 0.6 is 0 Å². The molecule has 680 valence electrons. The number of carbonyl (C=O) groups excluding carboxylic acids is 11. The van der Waals surface area contributed by atoms with Crippen molar-refractivity contribution in [1.82, 2.24) is 49.0 Å². The first-order valence-electron chi connectivity index (χ1n) is 46.5. The maximum atomic E-state index is 15.7. The molecule has 0 aliphatic carbocycles. The molecule has 0 saturated heterocycles. The monoisotopic (exact) mass is 1690 g/mol. The zero-order valence-electron chi connectivity index (χ0n) is 75.7. The summed E-state index contributed by atoms with van der Waals surface area (Å²) in [6.45, 7) is 10.3. The predicted octanol–water partition coefficient (Wildman–Crippen LogP) is 11.5. The normalized spacial score (nSPS) is 11.6. The number of hydrogen-bond donors (Lipinski definition) is 4. The Morgan fingerprint density at radius 2 is 0.484 bits per heavy atom. The van der Waals surface area contributed by atoms with Crippen LogP contribution in [-0.4, -0.2) is 265 Å². The number of nitrogens with zero attached hydrogens (tertiary/aromatic N) is 10. The molecule has 25 heteroatoms. The van der Waals surface area contributed by atoms with E-state index in [9.17, 15) is 19.2 Å². The largest absolute Gasteiger partial charge is 0.368 e. The van der Waals surface area contributed by atoms with Gasteiger partial charge in [0.15, 0.2) is 0 Å². The van der Waals surface area contributed by atoms with Crippen LogP contribution in [0.15, 0.2) is 121 Å². The minimum absolute atomic E-state index is 0.00610. The van der Waals surface area contributed by atoms with Crippen LogP contribution in [0.1, 0.15) is 237 Å². The first-order chi connectivity index (χ1) is 59.1. The van der Waals surface area contributed by atoms with E-state index in [0.29, 0.717) is 64.5 Å². The molecule has 8 N–H and O–H groups in total. The molecule has 2 unspecified atom stereocenters. The van der Waals surface area contributed by atoms with E-state index in [2.05, 4.69) is 41.5 Å². The second kappa shape index (κ2) is 64.7. The van der Waals surface area contributed by atoms with Gasteiger partial charge in [-0.05, 0) is 105 Å². The van der Waals surface area contributed by atoms with Crippen molar-refractivity contribution < 1.29 is 52.7 Å². The van der Waals surface area contributed by atoms with Crippen molar-refractivity contribution >= 4 is 65.0 Å². The molecule has 0 aliphatic heterocycles. The summed E-state index contributed by atoms with van der Waals surface area (Å²) >= 11 is 0. The highest BCUT2D eigenvalue weighted by atomic mass is 16.2. The molecule has 0 saturated carbocycles. The Morgan fingerprint density at radius 3 is 0.746 bits per heavy atom. The Hall–Kier alpha value is -9.07. The summed E-state index contributed by atoms with van der Waals surface area (Å²) in [7, 11) is 0. The Labute approximate surface area is 732 Å². The third-order valence-electron chi connectivity index (χ3n) is 23.1. The van der Waals surface area contributed by atoms with Crippen LogP contribution in [-0.2, 0) is 78.4 Å². The SMILES string of the molecule is CCCCCCCCCCN(CC(=O)N(CC(=O)N(CCCCCCCCCC)CC(=O)N(CC(N)=O)CC(CC)CCCC)CC(CC)CCCC)C(=O)CN(CCc1ccccc1)C(=O)CN(CCc1ccccc1)C(=O)CN(CCN)C(=O)CN(CCc1ccccc1)C(=O)CN(CCc1ccccc1)C(=O)CN(CCN)C(=O)CCCCN. The highest BCUT2D eigenvalue weighted by Gasteiger charge is 2.34. The van der Waals surface area contributed by atoms with Crippen LogP contribution in [0.3, 0.4) is 0 Å². The number of carbonyl (C=O) groups is 11. The molecule has 4 aromatic carbocycles. The molecular formula is C97H156N14O11. The summed E-state index contributed by atoms with van der Waals surface area (Å²) in [4.78, 5) is 178. The minimum Gasteiger partial charge on any atom is -0.368 e. The van der Waals surface area contributed by atoms with Crippen molar-refractivity contribution in [3.05, 3.63) is 144 Å². The van der Waals surface area contributed by atoms with Gasteiger partial charge in [-0.1, -0.05) is 291 Å². The van der Waals surface area contributed by atoms with Crippen molar-refractivity contribution in [2.45, 2.75) is 241 Å². The minimum atomic E-state index is -0.645. The van der Waals surface area contributed by atoms with Crippen LogP contribution in [0.5, 0.6) is 0 Å². The Morgan fingerprint density at radius 1 is 0.246 bits per heavy atom. The number of unbranched alkanes of at least 4 members (excludes halogenated alkanes) is 17. The van der Waals surface area contributed by atoms with Gasteiger partial charge in [0, 0.05) is 85.0 Å². The predicted molar refractivity (Wildman–Crippen MR) is 488 cm³/mol. The van der Waals surface area contributed by atoms with Gasteiger partial charge < -0.3 is 71.9 Å². The number of nitrogens with two attached hydrogens (primary N) is 4. The van der Waals surface area contributed by atoms with Crippen LogP contribution in [0.2, 0.25) is 0 Å². The second-order valence-electron chi connectivity index (χ2n) is 33.1. The molecule has 0 spiro atoms. The molecule has 4 aromatic rings. The van der Waals surface area contributed by atoms with E-state index in [-0.39, 0.29) is 128 Å². The fraction of sp³-hybridized carbons (Fsp3) is 0.639. The van der Waals surface area contributed by atoms with E-state index in [1.54, 1.807) is 9.80 Å². The average Bonchev–Trinajstić information content (AvgIpc) is 0.853. The molecule has 25 nitrogen and oxygen atoms in total. The molecule has 0 heterocycles. The third-order valence-corrected chi connectivity index (χ3v) is 23.1. The van der Waals surface area contributed by atoms with E-state index >= 15 is 33.6 Å². The highest BCUT2D eigenvalue weighted by Crippen LogP contribution is 2.21. The number of hydrogen-bond acceptors (Lipinski definition) is 14. The van der Waals surface area contributed by atoms with Crippen molar-refractivity contribution in [3.8, 4) is 0 Å². The van der Waals surface area contributed by atoms with Crippen molar-refractivity contribution in [3.63, 3.8) is 0 Å². The standard InChI is InChI=1S/C97H156N14O11/c1-7-13-17-19-21-23-25-41-61-102(79-97(122)111(70-82(12-6)44-16-10-4)80-95(120)103(62-42-26-24-22-20-18-14-8-2)78-96(121)110(71-87(101)112)69-81(11-5)43-15-9-3)89(114)72-104(63-54-83-45-31-27-32-46-83)90(115)74-106(65-56-85-49-35-29-36-50-85)93(118)77-109(68-60-100)94(119)75-107(66-57-86-51-37-30-38-52-86)91(116)73-105(64-55-84-47-33-28-34-48-84)92(117)76-108(67-59-99)88(113)53-39-40-58-98/h27-38,45-52,81-82H,7-26,39-44,53-80,98-100H2,1-6H3,(H2,101,112). The van der Waals surface area contributed by atoms with E-state index in [4.69, 9.17) is 22.9 Å². The summed E-state index contributed by atoms with van der Waals surface area (Å²) < 4.78 is 0. The quantitative estimate of drug-likeness (QED) is 0.0299. The van der Waals surface area contributed by atoms with Crippen molar-refractivity contribution in [2.24, 2.45) is 34.8 Å². The average molecular weight is 1690 g/mol. The van der Waals surface area contributed by atoms with E-state index in [0.717, 1.165) is 157 Å². The van der Waals surface area contributed by atoms with Crippen LogP contribution < -0.4 is 22.9 Å². The lowest BCUT2D eigenvalue weighted by molar-refractivity contribution is -0.149. The maximum absolute atomic E-state index is 15.7. The Kier molecular flexibility index (Phi) is 55.8. The zero-order valence-corrected chi connectivity index (χ0v) is 75.7. The van der Waals surface area contributed by atoms with Gasteiger partial charge in [-0.15, -0.1) is 0 Å². The van der Waals surface area contributed by atoms with Gasteiger partial charge in [-0.3, -0.25) is 52.7 Å². The van der Waals surface area contributed by atoms with E-state index < -0.39 is 92.4 Å². The molecule has 0 fully saturated rings. The lowest BCUT2D eigenvalue weighted by Crippen LogP contribution is -2.54. The first-order valence-corrected chi connectivity index (χ1v) is 46.5. The summed E-state index contributed by atoms with van der Waals surface area (Å²) in [5.41, 5.74) is 27.4. The molecule has 2 atom stereocenters. The van der Waals surface area contributed by atoms with E-state index in [1.165, 1.54) is 45.6 Å². The molecule has 0 aliphatic rings. The number of amides is 11.